The Balaban J connectivity index is 0.911. The molecule has 8 atom stereocenters. The molecule has 2 N–H and O–H groups in total. The van der Waals surface area contributed by atoms with Crippen molar-refractivity contribution in [2.24, 2.45) is 35.0 Å². The van der Waals surface area contributed by atoms with Gasteiger partial charge in [0.25, 0.3) is 0 Å². The highest BCUT2D eigenvalue weighted by Crippen LogP contribution is 2.64. The third kappa shape index (κ3) is 5.60. The zero-order valence-corrected chi connectivity index (χ0v) is 27.9. The molecule has 9 rings (SSSR count). The summed E-state index contributed by atoms with van der Waals surface area (Å²) in [4.78, 5) is 8.18. The molecule has 7 aliphatic rings. The lowest BCUT2D eigenvalue weighted by atomic mass is 9.49. The first-order valence-electron chi connectivity index (χ1n) is 17.8. The van der Waals surface area contributed by atoms with Crippen molar-refractivity contribution in [3.8, 4) is 0 Å². The molecule has 5 saturated carbocycles. The highest BCUT2D eigenvalue weighted by Gasteiger charge is 2.58. The van der Waals surface area contributed by atoms with Crippen LogP contribution in [0.25, 0.3) is 0 Å². The molecule has 2 aromatic heterocycles. The van der Waals surface area contributed by atoms with Gasteiger partial charge in [0.05, 0.1) is 6.54 Å². The molecule has 4 bridgehead atoms. The van der Waals surface area contributed by atoms with Gasteiger partial charge in [-0.25, -0.2) is 0 Å². The molecule has 0 radical (unpaired) electrons. The number of hydrogen-bond donors (Lipinski definition) is 2. The van der Waals surface area contributed by atoms with Gasteiger partial charge in [0.2, 0.25) is 5.89 Å². The van der Waals surface area contributed by atoms with Crippen LogP contribution in [0.3, 0.4) is 0 Å². The standard InChI is InChI=1S/C37H54N4OS/c1-23-11-26-13-27(14-26)18-35(4,15-23)38-22-33-40-34(42-41-33)29-9-10-37(19-29)25(3)17-36(16-24(2)12-30(37)20-36)39-21-31-7-8-32(43-31)28-5-6-28/h7-8,11,23-25,27-30,38-39H,5-6,9-10,12-22H2,1-4H3. The minimum Gasteiger partial charge on any atom is -0.339 e. The van der Waals surface area contributed by atoms with Crippen molar-refractivity contribution >= 4 is 11.3 Å². The van der Waals surface area contributed by atoms with Crippen molar-refractivity contribution in [3.63, 3.8) is 0 Å². The lowest BCUT2D eigenvalue weighted by Gasteiger charge is -2.59. The summed E-state index contributed by atoms with van der Waals surface area (Å²) in [7, 11) is 0. The van der Waals surface area contributed by atoms with Crippen LogP contribution in [-0.2, 0) is 13.1 Å². The predicted octanol–water partition coefficient (Wildman–Crippen LogP) is 8.88. The van der Waals surface area contributed by atoms with Crippen LogP contribution in [0.2, 0.25) is 0 Å². The summed E-state index contributed by atoms with van der Waals surface area (Å²) >= 11 is 2.06. The SMILES string of the molecule is CC1C=C2CC(C2)CC(C)(NCc2noc(C3CCC4(C3)C(C)CC3(NCc5ccc(C6CC6)s5)CC(C)CC4C3)n2)C1. The molecule has 5 nitrogen and oxygen atoms in total. The second kappa shape index (κ2) is 10.8. The minimum atomic E-state index is 0.142. The largest absolute Gasteiger partial charge is 0.339 e. The fourth-order valence-corrected chi connectivity index (χ4v) is 12.3. The first kappa shape index (κ1) is 28.9. The van der Waals surface area contributed by atoms with Gasteiger partial charge in [0.1, 0.15) is 0 Å². The lowest BCUT2D eigenvalue weighted by molar-refractivity contribution is -0.0630. The number of fused-ring (bicyclic) bond motifs is 7. The molecule has 7 aliphatic carbocycles. The van der Waals surface area contributed by atoms with Crippen molar-refractivity contribution in [2.75, 3.05) is 0 Å². The Morgan fingerprint density at radius 3 is 2.63 bits per heavy atom. The monoisotopic (exact) mass is 602 g/mol. The van der Waals surface area contributed by atoms with Crippen molar-refractivity contribution in [1.82, 2.24) is 20.8 Å². The van der Waals surface area contributed by atoms with Crippen LogP contribution < -0.4 is 10.6 Å². The summed E-state index contributed by atoms with van der Waals surface area (Å²) in [6.07, 6.45) is 19.5. The van der Waals surface area contributed by atoms with E-state index in [4.69, 9.17) is 9.51 Å². The second-order valence-electron chi connectivity index (χ2n) is 16.9. The topological polar surface area (TPSA) is 63.0 Å². The van der Waals surface area contributed by atoms with Crippen LogP contribution >= 0.6 is 11.3 Å². The minimum absolute atomic E-state index is 0.142. The Hall–Kier alpha value is -1.50. The van der Waals surface area contributed by atoms with Crippen molar-refractivity contribution < 1.29 is 4.52 Å². The van der Waals surface area contributed by atoms with Gasteiger partial charge in [-0.1, -0.05) is 37.6 Å². The van der Waals surface area contributed by atoms with Gasteiger partial charge in [-0.05, 0) is 143 Å². The van der Waals surface area contributed by atoms with E-state index in [0.717, 1.165) is 47.8 Å². The summed E-state index contributed by atoms with van der Waals surface area (Å²) in [6.45, 7) is 11.7. The molecule has 2 heterocycles. The molecule has 8 unspecified atom stereocenters. The summed E-state index contributed by atoms with van der Waals surface area (Å²) in [5, 5.41) is 12.6. The van der Waals surface area contributed by atoms with E-state index in [1.807, 2.05) is 0 Å². The third-order valence-corrected chi connectivity index (χ3v) is 14.3. The summed E-state index contributed by atoms with van der Waals surface area (Å²) in [5.41, 5.74) is 2.56. The van der Waals surface area contributed by atoms with E-state index in [9.17, 15) is 0 Å². The van der Waals surface area contributed by atoms with E-state index in [2.05, 4.69) is 73.0 Å². The van der Waals surface area contributed by atoms with Gasteiger partial charge >= 0.3 is 0 Å². The van der Waals surface area contributed by atoms with Gasteiger partial charge in [-0.2, -0.15) is 4.98 Å². The Morgan fingerprint density at radius 2 is 1.79 bits per heavy atom. The Bertz CT molecular complexity index is 1350. The van der Waals surface area contributed by atoms with Crippen molar-refractivity contribution in [3.05, 3.63) is 45.3 Å². The predicted molar refractivity (Wildman–Crippen MR) is 174 cm³/mol. The Morgan fingerprint density at radius 1 is 0.930 bits per heavy atom. The van der Waals surface area contributed by atoms with Gasteiger partial charge in [0.15, 0.2) is 5.82 Å². The van der Waals surface area contributed by atoms with Gasteiger partial charge in [-0.3, -0.25) is 0 Å². The molecule has 6 heteroatoms. The maximum atomic E-state index is 6.02. The molecule has 2 aromatic rings. The quantitative estimate of drug-likeness (QED) is 0.296. The summed E-state index contributed by atoms with van der Waals surface area (Å²) in [6, 6.07) is 4.80. The molecule has 43 heavy (non-hydrogen) atoms. The van der Waals surface area contributed by atoms with Gasteiger partial charge in [-0.15, -0.1) is 11.3 Å². The van der Waals surface area contributed by atoms with E-state index in [1.165, 1.54) is 88.3 Å². The van der Waals surface area contributed by atoms with Crippen LogP contribution in [0, 0.1) is 35.0 Å². The van der Waals surface area contributed by atoms with E-state index in [1.54, 1.807) is 10.5 Å². The third-order valence-electron chi connectivity index (χ3n) is 13.1. The normalized spacial score (nSPS) is 42.4. The van der Waals surface area contributed by atoms with Crippen molar-refractivity contribution in [2.45, 2.75) is 147 Å². The first-order valence-corrected chi connectivity index (χ1v) is 18.6. The average molecular weight is 603 g/mol. The van der Waals surface area contributed by atoms with Gasteiger partial charge < -0.3 is 15.2 Å². The molecule has 0 saturated heterocycles. The number of nitrogens with zero attached hydrogens (tertiary/aromatic N) is 2. The van der Waals surface area contributed by atoms with E-state index in [0.29, 0.717) is 29.3 Å². The van der Waals surface area contributed by atoms with Crippen LogP contribution in [0.4, 0.5) is 0 Å². The van der Waals surface area contributed by atoms with Crippen LogP contribution in [0.15, 0.2) is 28.3 Å². The number of nitrogens with one attached hydrogen (secondary N) is 2. The van der Waals surface area contributed by atoms with Crippen LogP contribution in [-0.4, -0.2) is 21.2 Å². The van der Waals surface area contributed by atoms with E-state index < -0.39 is 0 Å². The molecule has 0 aliphatic heterocycles. The number of allylic oxidation sites excluding steroid dienone is 2. The molecule has 0 aromatic carbocycles. The number of thiophene rings is 1. The van der Waals surface area contributed by atoms with Gasteiger partial charge in [0, 0.05) is 33.3 Å². The van der Waals surface area contributed by atoms with E-state index >= 15 is 0 Å². The lowest BCUT2D eigenvalue weighted by Crippen LogP contribution is -2.59. The highest BCUT2D eigenvalue weighted by atomic mass is 32.1. The number of rotatable bonds is 8. The second-order valence-corrected chi connectivity index (χ2v) is 18.1. The summed E-state index contributed by atoms with van der Waals surface area (Å²) in [5.74, 6) is 6.85. The Labute approximate surface area is 263 Å². The fourth-order valence-electron chi connectivity index (χ4n) is 11.2. The molecular formula is C37H54N4OS. The molecule has 5 fully saturated rings. The van der Waals surface area contributed by atoms with Crippen molar-refractivity contribution in [1.29, 1.82) is 0 Å². The van der Waals surface area contributed by atoms with Crippen LogP contribution in [0.1, 0.15) is 144 Å². The molecule has 234 valence electrons. The zero-order chi connectivity index (χ0) is 29.4. The summed E-state index contributed by atoms with van der Waals surface area (Å²) < 4.78 is 6.02. The smallest absolute Gasteiger partial charge is 0.229 e. The molecule has 1 spiro atoms. The molecule has 0 amide bonds. The fraction of sp³-hybridized carbons (Fsp3) is 0.784. The Kier molecular flexibility index (Phi) is 7.27. The maximum Gasteiger partial charge on any atom is 0.229 e. The van der Waals surface area contributed by atoms with E-state index in [-0.39, 0.29) is 5.54 Å². The maximum absolute atomic E-state index is 6.02. The number of aromatic nitrogens is 2. The zero-order valence-electron chi connectivity index (χ0n) is 27.1. The first-order chi connectivity index (χ1) is 20.7. The number of hydrogen-bond acceptors (Lipinski definition) is 6. The van der Waals surface area contributed by atoms with Crippen LogP contribution in [0.5, 0.6) is 0 Å². The average Bonchev–Trinajstić information content (AvgIpc) is 3.32. The molecular weight excluding hydrogens is 549 g/mol. The highest BCUT2D eigenvalue weighted by molar-refractivity contribution is 7.12.